The molecule has 3 amide bonds. The highest BCUT2D eigenvalue weighted by molar-refractivity contribution is 6.03. The van der Waals surface area contributed by atoms with Gasteiger partial charge in [0.15, 0.2) is 18.2 Å². The van der Waals surface area contributed by atoms with Crippen LogP contribution in [-0.4, -0.2) is 102 Å². The van der Waals surface area contributed by atoms with Crippen LogP contribution in [0.1, 0.15) is 12.5 Å². The van der Waals surface area contributed by atoms with Crippen molar-refractivity contribution in [2.24, 2.45) is 4.99 Å². The second-order valence-corrected chi connectivity index (χ2v) is 9.03. The largest absolute Gasteiger partial charge is 0.465 e. The van der Waals surface area contributed by atoms with E-state index in [2.05, 4.69) is 39.4 Å². The number of likely N-dealkylation sites (N-methyl/N-ethyl adjacent to an activating group) is 1. The summed E-state index contributed by atoms with van der Waals surface area (Å²) in [5.74, 6) is 0.151. The fraction of sp³-hybridized carbons (Fsp3) is 0.440. The highest BCUT2D eigenvalue weighted by atomic mass is 16.5. The molecule has 35 heavy (non-hydrogen) atoms. The van der Waals surface area contributed by atoms with Gasteiger partial charge in [0.1, 0.15) is 0 Å². The number of carbonyl (C=O) groups is 3. The van der Waals surface area contributed by atoms with E-state index >= 15 is 0 Å². The van der Waals surface area contributed by atoms with Crippen molar-refractivity contribution in [1.82, 2.24) is 24.9 Å². The molecule has 3 aliphatic rings. The average Bonchev–Trinajstić information content (AvgIpc) is 3.23. The standard InChI is InChI=1S/C25H30N6O4/c1-3-35-20(32)16-29-11-13-30(14-12-29)24-26-22-21(23(33)27-25(34)28(22)2)31(24)15-18-9-6-8-17-7-4-5-10-19(17)18/h4-10,21-22H,3,11-16H2,1-2H3,(H,27,33,34). The van der Waals surface area contributed by atoms with Crippen LogP contribution in [0.15, 0.2) is 47.5 Å². The van der Waals surface area contributed by atoms with Gasteiger partial charge in [0, 0.05) is 39.8 Å². The first-order chi connectivity index (χ1) is 17.0. The van der Waals surface area contributed by atoms with Crippen LogP contribution < -0.4 is 5.32 Å². The molecular weight excluding hydrogens is 448 g/mol. The maximum Gasteiger partial charge on any atom is 0.325 e. The molecule has 184 valence electrons. The number of nitrogens with zero attached hydrogens (tertiary/aromatic N) is 5. The second kappa shape index (κ2) is 9.53. The number of hydrogen-bond acceptors (Lipinski definition) is 8. The molecule has 2 aromatic carbocycles. The second-order valence-electron chi connectivity index (χ2n) is 9.03. The number of esters is 1. The van der Waals surface area contributed by atoms with E-state index in [0.717, 1.165) is 16.3 Å². The number of aliphatic imine (C=N–C) groups is 1. The molecule has 3 aliphatic heterocycles. The molecule has 2 saturated heterocycles. The minimum atomic E-state index is -0.607. The number of ether oxygens (including phenoxy) is 1. The predicted octanol–water partition coefficient (Wildman–Crippen LogP) is 1.07. The predicted molar refractivity (Wildman–Crippen MR) is 130 cm³/mol. The van der Waals surface area contributed by atoms with Crippen LogP contribution in [0.2, 0.25) is 0 Å². The van der Waals surface area contributed by atoms with Crippen LogP contribution in [-0.2, 0) is 20.9 Å². The molecule has 0 bridgehead atoms. The lowest BCUT2D eigenvalue weighted by Crippen LogP contribution is -2.64. The fourth-order valence-corrected chi connectivity index (χ4v) is 5.05. The van der Waals surface area contributed by atoms with E-state index in [0.29, 0.717) is 45.3 Å². The van der Waals surface area contributed by atoms with E-state index in [4.69, 9.17) is 9.73 Å². The van der Waals surface area contributed by atoms with Crippen LogP contribution in [0.4, 0.5) is 4.79 Å². The van der Waals surface area contributed by atoms with Gasteiger partial charge in [-0.2, -0.15) is 0 Å². The molecule has 2 fully saturated rings. The summed E-state index contributed by atoms with van der Waals surface area (Å²) in [5.41, 5.74) is 1.09. The third-order valence-corrected chi connectivity index (χ3v) is 6.87. The first-order valence-corrected chi connectivity index (χ1v) is 12.0. The molecule has 2 aromatic rings. The topological polar surface area (TPSA) is 97.8 Å². The third kappa shape index (κ3) is 4.41. The van der Waals surface area contributed by atoms with Gasteiger partial charge in [-0.1, -0.05) is 42.5 Å². The first-order valence-electron chi connectivity index (χ1n) is 12.0. The van der Waals surface area contributed by atoms with Gasteiger partial charge in [-0.25, -0.2) is 9.79 Å². The lowest BCUT2D eigenvalue weighted by atomic mass is 10.0. The summed E-state index contributed by atoms with van der Waals surface area (Å²) in [4.78, 5) is 49.8. The van der Waals surface area contributed by atoms with Gasteiger partial charge in [-0.15, -0.1) is 0 Å². The molecule has 10 heteroatoms. The van der Waals surface area contributed by atoms with Gasteiger partial charge in [0.25, 0.3) is 5.91 Å². The van der Waals surface area contributed by atoms with Gasteiger partial charge in [0.2, 0.25) is 0 Å². The number of fused-ring (bicyclic) bond motifs is 2. The van der Waals surface area contributed by atoms with Crippen molar-refractivity contribution >= 4 is 34.6 Å². The Bertz CT molecular complexity index is 1170. The molecule has 10 nitrogen and oxygen atoms in total. The number of piperazine rings is 1. The van der Waals surface area contributed by atoms with E-state index in [1.807, 2.05) is 23.1 Å². The maximum atomic E-state index is 13.0. The monoisotopic (exact) mass is 478 g/mol. The molecule has 0 spiro atoms. The highest BCUT2D eigenvalue weighted by Crippen LogP contribution is 2.29. The summed E-state index contributed by atoms with van der Waals surface area (Å²) in [6, 6.07) is 13.3. The Labute approximate surface area is 204 Å². The third-order valence-electron chi connectivity index (χ3n) is 6.87. The first kappa shape index (κ1) is 23.1. The summed E-state index contributed by atoms with van der Waals surface area (Å²) >= 11 is 0. The van der Waals surface area contributed by atoms with Crippen molar-refractivity contribution in [2.45, 2.75) is 25.7 Å². The van der Waals surface area contributed by atoms with Gasteiger partial charge in [-0.05, 0) is 23.3 Å². The Morgan fingerprint density at radius 2 is 1.83 bits per heavy atom. The van der Waals surface area contributed by atoms with Crippen LogP contribution in [0.3, 0.4) is 0 Å². The number of carbonyl (C=O) groups excluding carboxylic acids is 3. The quantitative estimate of drug-likeness (QED) is 0.642. The minimum Gasteiger partial charge on any atom is -0.465 e. The maximum absolute atomic E-state index is 13.0. The number of imide groups is 1. The normalized spacial score (nSPS) is 22.8. The number of amides is 3. The van der Waals surface area contributed by atoms with Crippen LogP contribution in [0, 0.1) is 0 Å². The summed E-state index contributed by atoms with van der Waals surface area (Å²) < 4.78 is 5.08. The number of guanidine groups is 1. The smallest absolute Gasteiger partial charge is 0.325 e. The molecule has 0 radical (unpaired) electrons. The van der Waals surface area contributed by atoms with Gasteiger partial charge in [-0.3, -0.25) is 19.8 Å². The number of urea groups is 1. The van der Waals surface area contributed by atoms with Crippen molar-refractivity contribution in [3.05, 3.63) is 48.0 Å². The zero-order valence-corrected chi connectivity index (χ0v) is 20.0. The van der Waals surface area contributed by atoms with Gasteiger partial charge in [0.05, 0.1) is 13.2 Å². The Morgan fingerprint density at radius 3 is 2.60 bits per heavy atom. The van der Waals surface area contributed by atoms with E-state index in [1.54, 1.807) is 14.0 Å². The number of hydrogen-bond donors (Lipinski definition) is 1. The van der Waals surface area contributed by atoms with Crippen LogP contribution in [0.25, 0.3) is 10.8 Å². The van der Waals surface area contributed by atoms with Crippen LogP contribution >= 0.6 is 0 Å². The Hall–Kier alpha value is -3.66. The number of benzene rings is 2. The molecule has 0 saturated carbocycles. The number of rotatable bonds is 5. The highest BCUT2D eigenvalue weighted by Gasteiger charge is 2.50. The Kier molecular flexibility index (Phi) is 6.29. The molecule has 1 N–H and O–H groups in total. The van der Waals surface area contributed by atoms with Crippen molar-refractivity contribution in [1.29, 1.82) is 0 Å². The number of nitrogens with one attached hydrogen (secondary N) is 1. The molecule has 5 rings (SSSR count). The van der Waals surface area contributed by atoms with Crippen molar-refractivity contribution in [2.75, 3.05) is 46.4 Å². The van der Waals surface area contributed by atoms with Gasteiger partial charge < -0.3 is 19.4 Å². The van der Waals surface area contributed by atoms with E-state index < -0.39 is 18.2 Å². The minimum absolute atomic E-state index is 0.223. The molecular formula is C25H30N6O4. The lowest BCUT2D eigenvalue weighted by Gasteiger charge is -2.40. The summed E-state index contributed by atoms with van der Waals surface area (Å²) in [6.45, 7) is 5.59. The molecule has 2 atom stereocenters. The van der Waals surface area contributed by atoms with Crippen molar-refractivity contribution in [3.8, 4) is 0 Å². The lowest BCUT2D eigenvalue weighted by molar-refractivity contribution is -0.144. The Morgan fingerprint density at radius 1 is 1.09 bits per heavy atom. The zero-order chi connectivity index (χ0) is 24.5. The SMILES string of the molecule is CCOC(=O)CN1CCN(C2=NC3C(C(=O)NC(=O)N3C)N2Cc2cccc3ccccc23)CC1. The summed E-state index contributed by atoms with van der Waals surface area (Å²) in [6.07, 6.45) is -0.584. The van der Waals surface area contributed by atoms with Gasteiger partial charge >= 0.3 is 12.0 Å². The average molecular weight is 479 g/mol. The molecule has 2 unspecified atom stereocenters. The fourth-order valence-electron chi connectivity index (χ4n) is 5.05. The molecule has 3 heterocycles. The Balaban J connectivity index is 1.41. The summed E-state index contributed by atoms with van der Waals surface area (Å²) in [5, 5.41) is 4.73. The van der Waals surface area contributed by atoms with E-state index in [9.17, 15) is 14.4 Å². The zero-order valence-electron chi connectivity index (χ0n) is 20.0. The van der Waals surface area contributed by atoms with E-state index in [1.165, 1.54) is 4.90 Å². The summed E-state index contributed by atoms with van der Waals surface area (Å²) in [7, 11) is 1.67. The van der Waals surface area contributed by atoms with Crippen LogP contribution in [0.5, 0.6) is 0 Å². The van der Waals surface area contributed by atoms with Crippen molar-refractivity contribution in [3.63, 3.8) is 0 Å². The van der Waals surface area contributed by atoms with Crippen molar-refractivity contribution < 1.29 is 19.1 Å². The molecule has 0 aliphatic carbocycles. The molecule has 0 aromatic heterocycles. The van der Waals surface area contributed by atoms with E-state index in [-0.39, 0.29) is 18.4 Å².